The van der Waals surface area contributed by atoms with E-state index >= 15 is 0 Å². The number of likely N-dealkylation sites (tertiary alicyclic amines) is 1. The normalized spacial score (nSPS) is 22.1. The van der Waals surface area contributed by atoms with E-state index < -0.39 is 9.84 Å². The molecule has 2 aliphatic heterocycles. The second kappa shape index (κ2) is 4.93. The highest BCUT2D eigenvalue weighted by atomic mass is 35.5. The van der Waals surface area contributed by atoms with Crippen LogP contribution in [0.3, 0.4) is 0 Å². The van der Waals surface area contributed by atoms with E-state index in [1.54, 1.807) is 24.3 Å². The third kappa shape index (κ3) is 2.45. The summed E-state index contributed by atoms with van der Waals surface area (Å²) in [6.07, 6.45) is 5.33. The molecule has 0 unspecified atom stereocenters. The zero-order chi connectivity index (χ0) is 13.5. The van der Waals surface area contributed by atoms with Crippen molar-refractivity contribution < 1.29 is 8.42 Å². The lowest BCUT2D eigenvalue weighted by Crippen LogP contribution is -2.32. The van der Waals surface area contributed by atoms with Gasteiger partial charge in [0.2, 0.25) is 9.84 Å². The lowest BCUT2D eigenvalue weighted by molar-refractivity contribution is 0.250. The van der Waals surface area contributed by atoms with Gasteiger partial charge in [0.15, 0.2) is 0 Å². The highest BCUT2D eigenvalue weighted by Gasteiger charge is 2.30. The molecular formula is C14H16ClNO2S. The molecule has 0 amide bonds. The number of fused-ring (bicyclic) bond motifs is 1. The minimum Gasteiger partial charge on any atom is -0.298 e. The molecule has 0 aromatic heterocycles. The predicted octanol–water partition coefficient (Wildman–Crippen LogP) is 2.95. The smallest absolute Gasteiger partial charge is 0.204 e. The fourth-order valence-corrected chi connectivity index (χ4v) is 4.51. The number of hydrogen-bond acceptors (Lipinski definition) is 3. The van der Waals surface area contributed by atoms with Crippen LogP contribution in [0.1, 0.15) is 24.8 Å². The van der Waals surface area contributed by atoms with Crippen molar-refractivity contribution >= 4 is 27.5 Å². The molecule has 5 heteroatoms. The minimum atomic E-state index is -3.30. The number of piperidine rings is 1. The van der Waals surface area contributed by atoms with Crippen molar-refractivity contribution in [3.63, 3.8) is 0 Å². The van der Waals surface area contributed by atoms with Gasteiger partial charge >= 0.3 is 0 Å². The molecule has 0 saturated carbocycles. The van der Waals surface area contributed by atoms with E-state index in [4.69, 9.17) is 11.6 Å². The molecular weight excluding hydrogens is 282 g/mol. The second-order valence-corrected chi connectivity index (χ2v) is 7.54. The average molecular weight is 298 g/mol. The van der Waals surface area contributed by atoms with Gasteiger partial charge in [0.05, 0.1) is 9.80 Å². The lowest BCUT2D eigenvalue weighted by atomic mass is 10.1. The Hall–Kier alpha value is -0.840. The molecule has 19 heavy (non-hydrogen) atoms. The fraction of sp³-hybridized carbons (Fsp3) is 0.429. The molecule has 1 saturated heterocycles. The first-order valence-electron chi connectivity index (χ1n) is 6.55. The van der Waals surface area contributed by atoms with Gasteiger partial charge in [-0.2, -0.15) is 0 Å². The van der Waals surface area contributed by atoms with Gasteiger partial charge in [0, 0.05) is 11.6 Å². The topological polar surface area (TPSA) is 37.4 Å². The number of halogens is 1. The molecule has 1 fully saturated rings. The Morgan fingerprint density at radius 1 is 1.16 bits per heavy atom. The molecule has 0 atom stereocenters. The van der Waals surface area contributed by atoms with E-state index in [1.807, 2.05) is 0 Å². The van der Waals surface area contributed by atoms with Crippen LogP contribution in [0, 0.1) is 0 Å². The van der Waals surface area contributed by atoms with E-state index in [0.29, 0.717) is 21.4 Å². The monoisotopic (exact) mass is 297 g/mol. The van der Waals surface area contributed by atoms with Gasteiger partial charge in [0.1, 0.15) is 0 Å². The van der Waals surface area contributed by atoms with Crippen molar-refractivity contribution in [1.29, 1.82) is 0 Å². The standard InChI is InChI=1S/C14H16ClNO2S/c15-12-4-5-14-11(8-12)9-13(19(14,17)18)10-16-6-2-1-3-7-16/h4-5,8-9H,1-3,6-7,10H2. The SMILES string of the molecule is O=S1(=O)C(CN2CCCCC2)=Cc2cc(Cl)ccc21. The molecule has 102 valence electrons. The summed E-state index contributed by atoms with van der Waals surface area (Å²) in [6, 6.07) is 4.96. The molecule has 2 aliphatic rings. The molecule has 1 aromatic carbocycles. The van der Waals surface area contributed by atoms with Crippen molar-refractivity contribution in [3.05, 3.63) is 33.7 Å². The number of nitrogens with zero attached hydrogens (tertiary/aromatic N) is 1. The Morgan fingerprint density at radius 2 is 1.89 bits per heavy atom. The number of rotatable bonds is 2. The highest BCUT2D eigenvalue weighted by molar-refractivity contribution is 7.95. The summed E-state index contributed by atoms with van der Waals surface area (Å²) in [5.74, 6) is 0. The molecule has 3 nitrogen and oxygen atoms in total. The zero-order valence-electron chi connectivity index (χ0n) is 10.6. The Morgan fingerprint density at radius 3 is 2.63 bits per heavy atom. The van der Waals surface area contributed by atoms with Crippen LogP contribution in [0.4, 0.5) is 0 Å². The van der Waals surface area contributed by atoms with E-state index in [0.717, 1.165) is 31.5 Å². The van der Waals surface area contributed by atoms with Gasteiger partial charge in [-0.3, -0.25) is 4.90 Å². The van der Waals surface area contributed by atoms with Crippen molar-refractivity contribution in [3.8, 4) is 0 Å². The molecule has 3 rings (SSSR count). The molecule has 0 radical (unpaired) electrons. The second-order valence-electron chi connectivity index (χ2n) is 5.13. The van der Waals surface area contributed by atoms with Gasteiger partial charge in [-0.25, -0.2) is 8.42 Å². The van der Waals surface area contributed by atoms with Crippen LogP contribution in [0.2, 0.25) is 5.02 Å². The molecule has 0 spiro atoms. The van der Waals surface area contributed by atoms with E-state index in [1.165, 1.54) is 6.42 Å². The molecule has 0 aliphatic carbocycles. The first-order chi connectivity index (χ1) is 9.07. The van der Waals surface area contributed by atoms with Crippen LogP contribution < -0.4 is 0 Å². The maximum Gasteiger partial charge on any atom is 0.204 e. The summed E-state index contributed by atoms with van der Waals surface area (Å²) in [5.41, 5.74) is 0.722. The maximum absolute atomic E-state index is 12.4. The Labute approximate surface area is 118 Å². The van der Waals surface area contributed by atoms with Crippen LogP contribution in [0.25, 0.3) is 6.08 Å². The van der Waals surface area contributed by atoms with Crippen molar-refractivity contribution in [2.75, 3.05) is 19.6 Å². The highest BCUT2D eigenvalue weighted by Crippen LogP contribution is 2.34. The van der Waals surface area contributed by atoms with Crippen molar-refractivity contribution in [2.24, 2.45) is 0 Å². The third-order valence-electron chi connectivity index (χ3n) is 3.75. The molecule has 2 heterocycles. The molecule has 0 bridgehead atoms. The number of sulfone groups is 1. The van der Waals surface area contributed by atoms with E-state index in [2.05, 4.69) is 4.90 Å². The molecule has 0 N–H and O–H groups in total. The first kappa shape index (κ1) is 13.2. The summed E-state index contributed by atoms with van der Waals surface area (Å²) in [5, 5.41) is 0.574. The van der Waals surface area contributed by atoms with Crippen LogP contribution >= 0.6 is 11.6 Å². The van der Waals surface area contributed by atoms with Crippen LogP contribution in [-0.2, 0) is 9.84 Å². The summed E-state index contributed by atoms with van der Waals surface area (Å²) in [7, 11) is -3.30. The quantitative estimate of drug-likeness (QED) is 0.842. The van der Waals surface area contributed by atoms with Crippen molar-refractivity contribution in [1.82, 2.24) is 4.90 Å². The largest absolute Gasteiger partial charge is 0.298 e. The Bertz CT molecular complexity index is 631. The lowest BCUT2D eigenvalue weighted by Gasteiger charge is -2.26. The van der Waals surface area contributed by atoms with Crippen LogP contribution in [-0.4, -0.2) is 33.0 Å². The first-order valence-corrected chi connectivity index (χ1v) is 8.41. The minimum absolute atomic E-state index is 0.393. The van der Waals surface area contributed by atoms with Gasteiger partial charge < -0.3 is 0 Å². The van der Waals surface area contributed by atoms with E-state index in [9.17, 15) is 8.42 Å². The van der Waals surface area contributed by atoms with Gasteiger partial charge in [0.25, 0.3) is 0 Å². The summed E-state index contributed by atoms with van der Waals surface area (Å²) in [6.45, 7) is 2.50. The maximum atomic E-state index is 12.4. The molecule has 1 aromatic rings. The van der Waals surface area contributed by atoms with Gasteiger partial charge in [-0.1, -0.05) is 18.0 Å². The zero-order valence-corrected chi connectivity index (χ0v) is 12.2. The van der Waals surface area contributed by atoms with Gasteiger partial charge in [-0.05, 0) is 55.8 Å². The summed E-state index contributed by atoms with van der Waals surface area (Å²) in [4.78, 5) is 3.12. The number of benzene rings is 1. The Kier molecular flexibility index (Phi) is 3.41. The predicted molar refractivity (Wildman–Crippen MR) is 76.9 cm³/mol. The third-order valence-corrected chi connectivity index (χ3v) is 5.87. The summed E-state index contributed by atoms with van der Waals surface area (Å²) < 4.78 is 24.9. The fourth-order valence-electron chi connectivity index (χ4n) is 2.74. The van der Waals surface area contributed by atoms with Crippen molar-refractivity contribution in [2.45, 2.75) is 24.2 Å². The van der Waals surface area contributed by atoms with Crippen LogP contribution in [0.15, 0.2) is 28.0 Å². The van der Waals surface area contributed by atoms with Gasteiger partial charge in [-0.15, -0.1) is 0 Å². The Balaban J connectivity index is 1.89. The number of hydrogen-bond donors (Lipinski definition) is 0. The average Bonchev–Trinajstić information content (AvgIpc) is 2.62. The van der Waals surface area contributed by atoms with Crippen LogP contribution in [0.5, 0.6) is 0 Å². The summed E-state index contributed by atoms with van der Waals surface area (Å²) >= 11 is 5.92. The van der Waals surface area contributed by atoms with E-state index in [-0.39, 0.29) is 0 Å².